The molecule has 2 aromatic rings. The van der Waals surface area contributed by atoms with Crippen molar-refractivity contribution in [2.24, 2.45) is 0 Å². The van der Waals surface area contributed by atoms with Crippen LogP contribution in [-0.4, -0.2) is 36.2 Å². The molecule has 0 aliphatic carbocycles. The number of amides is 1. The molecule has 1 aliphatic rings. The third kappa shape index (κ3) is 3.90. The monoisotopic (exact) mass is 315 g/mol. The first-order chi connectivity index (χ1) is 11.1. The summed E-state index contributed by atoms with van der Waals surface area (Å²) < 4.78 is 10.8. The highest BCUT2D eigenvalue weighted by molar-refractivity contribution is 5.91. The average molecular weight is 315 g/mol. The van der Waals surface area contributed by atoms with Crippen LogP contribution in [0.4, 0.5) is 5.82 Å². The van der Waals surface area contributed by atoms with Crippen LogP contribution in [0.2, 0.25) is 0 Å². The second kappa shape index (κ2) is 6.83. The van der Waals surface area contributed by atoms with Crippen LogP contribution in [0, 0.1) is 0 Å². The maximum atomic E-state index is 11.8. The molecule has 0 aromatic carbocycles. The first-order valence-corrected chi connectivity index (χ1v) is 7.79. The highest BCUT2D eigenvalue weighted by atomic mass is 16.5. The summed E-state index contributed by atoms with van der Waals surface area (Å²) in [5.74, 6) is 1.02. The van der Waals surface area contributed by atoms with Gasteiger partial charge in [-0.2, -0.15) is 0 Å². The number of carbonyl (C=O) groups is 1. The van der Waals surface area contributed by atoms with Crippen LogP contribution in [0.25, 0.3) is 0 Å². The minimum atomic E-state index is -0.227. The van der Waals surface area contributed by atoms with Crippen LogP contribution < -0.4 is 10.2 Å². The Balaban J connectivity index is 1.58. The average Bonchev–Trinajstić information content (AvgIpc) is 3.07. The molecule has 0 saturated carbocycles. The van der Waals surface area contributed by atoms with E-state index in [4.69, 9.17) is 9.15 Å². The van der Waals surface area contributed by atoms with Crippen LogP contribution in [0.1, 0.15) is 30.0 Å². The van der Waals surface area contributed by atoms with E-state index >= 15 is 0 Å². The van der Waals surface area contributed by atoms with Crippen molar-refractivity contribution < 1.29 is 13.9 Å². The number of rotatable bonds is 4. The summed E-state index contributed by atoms with van der Waals surface area (Å²) in [6, 6.07) is 7.29. The number of anilines is 1. The predicted octanol–water partition coefficient (Wildman–Crippen LogP) is 2.22. The molecular weight excluding hydrogens is 294 g/mol. The van der Waals surface area contributed by atoms with Crippen molar-refractivity contribution in [1.29, 1.82) is 0 Å². The smallest absolute Gasteiger partial charge is 0.287 e. The molecule has 0 bridgehead atoms. The molecule has 3 heterocycles. The number of morpholine rings is 1. The molecule has 2 aromatic heterocycles. The summed E-state index contributed by atoms with van der Waals surface area (Å²) in [6.45, 7) is 6.24. The molecule has 1 saturated heterocycles. The minimum Gasteiger partial charge on any atom is -0.459 e. The van der Waals surface area contributed by atoms with Gasteiger partial charge in [0.2, 0.25) is 0 Å². The zero-order chi connectivity index (χ0) is 16.2. The SMILES string of the molecule is C[C@H]1CN(c2ccc(CNC(=O)c3ccco3)cn2)C[C@H](C)O1. The molecule has 0 unspecified atom stereocenters. The fraction of sp³-hybridized carbons (Fsp3) is 0.412. The number of hydrogen-bond acceptors (Lipinski definition) is 5. The molecule has 3 rings (SSSR count). The molecule has 6 heteroatoms. The Kier molecular flexibility index (Phi) is 4.62. The van der Waals surface area contributed by atoms with Crippen molar-refractivity contribution in [2.75, 3.05) is 18.0 Å². The van der Waals surface area contributed by atoms with Crippen LogP contribution in [-0.2, 0) is 11.3 Å². The van der Waals surface area contributed by atoms with Gasteiger partial charge < -0.3 is 19.4 Å². The van der Waals surface area contributed by atoms with Gasteiger partial charge in [0, 0.05) is 25.8 Å². The van der Waals surface area contributed by atoms with Crippen LogP contribution >= 0.6 is 0 Å². The van der Waals surface area contributed by atoms with Gasteiger partial charge in [0.15, 0.2) is 5.76 Å². The molecule has 0 spiro atoms. The molecule has 23 heavy (non-hydrogen) atoms. The van der Waals surface area contributed by atoms with Crippen molar-refractivity contribution in [3.05, 3.63) is 48.0 Å². The number of carbonyl (C=O) groups excluding carboxylic acids is 1. The van der Waals surface area contributed by atoms with E-state index in [0.29, 0.717) is 12.3 Å². The first-order valence-electron chi connectivity index (χ1n) is 7.79. The van der Waals surface area contributed by atoms with Crippen LogP contribution in [0.3, 0.4) is 0 Å². The molecule has 1 fully saturated rings. The van der Waals surface area contributed by atoms with Gasteiger partial charge in [-0.1, -0.05) is 6.07 Å². The lowest BCUT2D eigenvalue weighted by molar-refractivity contribution is -0.00546. The number of ether oxygens (including phenoxy) is 1. The summed E-state index contributed by atoms with van der Waals surface area (Å²) >= 11 is 0. The van der Waals surface area contributed by atoms with Gasteiger partial charge in [0.05, 0.1) is 18.5 Å². The van der Waals surface area contributed by atoms with E-state index in [-0.39, 0.29) is 18.1 Å². The number of nitrogens with zero attached hydrogens (tertiary/aromatic N) is 2. The van der Waals surface area contributed by atoms with E-state index in [1.807, 2.05) is 12.1 Å². The Hall–Kier alpha value is -2.34. The maximum absolute atomic E-state index is 11.8. The number of hydrogen-bond donors (Lipinski definition) is 1. The lowest BCUT2D eigenvalue weighted by atomic mass is 10.2. The van der Waals surface area contributed by atoms with Gasteiger partial charge in [-0.3, -0.25) is 4.79 Å². The van der Waals surface area contributed by atoms with Gasteiger partial charge in [-0.15, -0.1) is 0 Å². The van der Waals surface area contributed by atoms with Crippen molar-refractivity contribution in [3.63, 3.8) is 0 Å². The molecule has 6 nitrogen and oxygen atoms in total. The fourth-order valence-electron chi connectivity index (χ4n) is 2.75. The van der Waals surface area contributed by atoms with Crippen molar-refractivity contribution in [2.45, 2.75) is 32.6 Å². The molecule has 1 amide bonds. The largest absolute Gasteiger partial charge is 0.459 e. The maximum Gasteiger partial charge on any atom is 0.287 e. The highest BCUT2D eigenvalue weighted by Crippen LogP contribution is 2.18. The number of aromatic nitrogens is 1. The Labute approximate surface area is 135 Å². The standard InChI is InChI=1S/C17H21N3O3/c1-12-10-20(11-13(2)23-12)16-6-5-14(8-18-16)9-19-17(21)15-4-3-7-22-15/h3-8,12-13H,9-11H2,1-2H3,(H,19,21)/t12-,13-/m0/s1. The zero-order valence-electron chi connectivity index (χ0n) is 13.4. The lowest BCUT2D eigenvalue weighted by Crippen LogP contribution is -2.45. The third-order valence-electron chi connectivity index (χ3n) is 3.75. The molecule has 0 radical (unpaired) electrons. The number of pyridine rings is 1. The Morgan fingerprint density at radius 1 is 1.30 bits per heavy atom. The molecule has 1 aliphatic heterocycles. The quantitative estimate of drug-likeness (QED) is 0.937. The van der Waals surface area contributed by atoms with Crippen molar-refractivity contribution >= 4 is 11.7 Å². The third-order valence-corrected chi connectivity index (χ3v) is 3.75. The van der Waals surface area contributed by atoms with Gasteiger partial charge in [0.25, 0.3) is 5.91 Å². The van der Waals surface area contributed by atoms with Crippen molar-refractivity contribution in [1.82, 2.24) is 10.3 Å². The number of nitrogens with one attached hydrogen (secondary N) is 1. The Morgan fingerprint density at radius 2 is 2.09 bits per heavy atom. The van der Waals surface area contributed by atoms with Gasteiger partial charge in [0.1, 0.15) is 5.82 Å². The van der Waals surface area contributed by atoms with Crippen LogP contribution in [0.5, 0.6) is 0 Å². The highest BCUT2D eigenvalue weighted by Gasteiger charge is 2.22. The van der Waals surface area contributed by atoms with Crippen molar-refractivity contribution in [3.8, 4) is 0 Å². The summed E-state index contributed by atoms with van der Waals surface area (Å²) in [4.78, 5) is 18.6. The van der Waals surface area contributed by atoms with Gasteiger partial charge >= 0.3 is 0 Å². The molecular formula is C17H21N3O3. The van der Waals surface area contributed by atoms with Gasteiger partial charge in [-0.25, -0.2) is 4.98 Å². The van der Waals surface area contributed by atoms with E-state index in [1.165, 1.54) is 6.26 Å². The van der Waals surface area contributed by atoms with Crippen LogP contribution in [0.15, 0.2) is 41.1 Å². The predicted molar refractivity (Wildman–Crippen MR) is 86.3 cm³/mol. The molecule has 1 N–H and O–H groups in total. The second-order valence-electron chi connectivity index (χ2n) is 5.85. The Bertz CT molecular complexity index is 630. The topological polar surface area (TPSA) is 67.6 Å². The molecule has 122 valence electrons. The van der Waals surface area contributed by atoms with Gasteiger partial charge in [-0.05, 0) is 37.6 Å². The summed E-state index contributed by atoms with van der Waals surface area (Å²) in [7, 11) is 0. The van der Waals surface area contributed by atoms with E-state index < -0.39 is 0 Å². The van der Waals surface area contributed by atoms with E-state index in [0.717, 1.165) is 24.5 Å². The van der Waals surface area contributed by atoms with E-state index in [9.17, 15) is 4.79 Å². The fourth-order valence-corrected chi connectivity index (χ4v) is 2.75. The second-order valence-corrected chi connectivity index (χ2v) is 5.85. The molecule has 2 atom stereocenters. The van der Waals surface area contributed by atoms with E-state index in [2.05, 4.69) is 29.0 Å². The summed E-state index contributed by atoms with van der Waals surface area (Å²) in [6.07, 6.45) is 3.68. The van der Waals surface area contributed by atoms with E-state index in [1.54, 1.807) is 18.3 Å². The first kappa shape index (κ1) is 15.6. The number of furan rings is 1. The summed E-state index contributed by atoms with van der Waals surface area (Å²) in [5.41, 5.74) is 0.947. The zero-order valence-corrected chi connectivity index (χ0v) is 13.4. The normalized spacial score (nSPS) is 21.2. The lowest BCUT2D eigenvalue weighted by Gasteiger charge is -2.36. The summed E-state index contributed by atoms with van der Waals surface area (Å²) in [5, 5.41) is 2.81. The Morgan fingerprint density at radius 3 is 2.70 bits per heavy atom. The minimum absolute atomic E-state index is 0.202.